The third-order valence-corrected chi connectivity index (χ3v) is 9.23. The minimum Gasteiger partial charge on any atom is -0.480 e. The van der Waals surface area contributed by atoms with Crippen LogP contribution in [0.3, 0.4) is 0 Å². The summed E-state index contributed by atoms with van der Waals surface area (Å²) < 4.78 is 3.20. The molecule has 0 aliphatic carbocycles. The Kier molecular flexibility index (Phi) is 14.1. The van der Waals surface area contributed by atoms with Gasteiger partial charge >= 0.3 is 11.9 Å². The fourth-order valence-electron chi connectivity index (χ4n) is 6.54. The molecule has 2 amide bonds. The number of aliphatic carboxylic acids is 2. The van der Waals surface area contributed by atoms with E-state index < -0.39 is 17.8 Å². The number of fused-ring (bicyclic) bond motifs is 2. The van der Waals surface area contributed by atoms with E-state index in [1.165, 1.54) is 11.0 Å². The number of carboxylic acids is 2. The van der Waals surface area contributed by atoms with Crippen molar-refractivity contribution in [2.75, 3.05) is 22.9 Å². The SMILES string of the molecule is CCCCN(C(=O)C(C#N)=Cc1cn(CC(=O)O)c2ccccc12)c1ccccc1.CCN(C(=O)C(C#N)=Cc1cn(CC(=O)O)c2ccccc12)c1ccccc1. The predicted octanol–water partition coefficient (Wildman–Crippen LogP) is 8.15. The second-order valence-corrected chi connectivity index (χ2v) is 13.1. The number of aromatic nitrogens is 2. The van der Waals surface area contributed by atoms with E-state index >= 15 is 0 Å². The Morgan fingerprint density at radius 3 is 1.40 bits per heavy atom. The van der Waals surface area contributed by atoms with Crippen molar-refractivity contribution >= 4 is 69.1 Å². The zero-order chi connectivity index (χ0) is 41.6. The minimum atomic E-state index is -0.964. The number of nitriles is 2. The van der Waals surface area contributed by atoms with Gasteiger partial charge in [-0.25, -0.2) is 0 Å². The van der Waals surface area contributed by atoms with Gasteiger partial charge in [-0.05, 0) is 61.9 Å². The van der Waals surface area contributed by atoms with Crippen LogP contribution >= 0.6 is 0 Å². The van der Waals surface area contributed by atoms with Crippen molar-refractivity contribution in [1.29, 1.82) is 10.5 Å². The van der Waals surface area contributed by atoms with Gasteiger partial charge in [0.15, 0.2) is 0 Å². The van der Waals surface area contributed by atoms with Gasteiger partial charge in [0, 0.05) is 69.8 Å². The van der Waals surface area contributed by atoms with Gasteiger partial charge in [0.2, 0.25) is 0 Å². The van der Waals surface area contributed by atoms with Gasteiger partial charge < -0.3 is 29.1 Å². The molecule has 0 radical (unpaired) electrons. The molecule has 6 rings (SSSR count). The van der Waals surface area contributed by atoms with E-state index in [0.29, 0.717) is 29.9 Å². The molecule has 4 aromatic carbocycles. The van der Waals surface area contributed by atoms with E-state index in [-0.39, 0.29) is 30.1 Å². The van der Waals surface area contributed by atoms with Gasteiger partial charge in [-0.3, -0.25) is 19.2 Å². The number of carbonyl (C=O) groups excluding carboxylic acids is 2. The first-order valence-corrected chi connectivity index (χ1v) is 18.7. The summed E-state index contributed by atoms with van der Waals surface area (Å²) in [5.41, 5.74) is 4.19. The number of hydrogen-bond acceptors (Lipinski definition) is 6. The summed E-state index contributed by atoms with van der Waals surface area (Å²) in [4.78, 5) is 51.7. The molecule has 2 heterocycles. The maximum absolute atomic E-state index is 13.2. The summed E-state index contributed by atoms with van der Waals surface area (Å²) >= 11 is 0. The predicted molar refractivity (Wildman–Crippen MR) is 224 cm³/mol. The molecule has 0 saturated heterocycles. The lowest BCUT2D eigenvalue weighted by Crippen LogP contribution is -2.32. The largest absolute Gasteiger partial charge is 0.480 e. The molecule has 0 aliphatic heterocycles. The number of unbranched alkanes of at least 4 members (excludes halogenated alkanes) is 1. The van der Waals surface area contributed by atoms with Crippen molar-refractivity contribution in [3.8, 4) is 12.1 Å². The van der Waals surface area contributed by atoms with Crippen molar-refractivity contribution in [2.24, 2.45) is 0 Å². The average Bonchev–Trinajstić information content (AvgIpc) is 3.76. The highest BCUT2D eigenvalue weighted by molar-refractivity contribution is 6.13. The lowest BCUT2D eigenvalue weighted by atomic mass is 10.1. The summed E-state index contributed by atoms with van der Waals surface area (Å²) in [7, 11) is 0. The maximum atomic E-state index is 13.2. The highest BCUT2D eigenvalue weighted by Crippen LogP contribution is 2.27. The zero-order valence-corrected chi connectivity index (χ0v) is 32.2. The monoisotopic (exact) mass is 774 g/mol. The first-order valence-electron chi connectivity index (χ1n) is 18.7. The number of rotatable bonds is 14. The normalized spacial score (nSPS) is 11.2. The second kappa shape index (κ2) is 19.8. The summed E-state index contributed by atoms with van der Waals surface area (Å²) in [5.74, 6) is -2.69. The fraction of sp³-hybridized carbons (Fsp3) is 0.174. The summed E-state index contributed by atoms with van der Waals surface area (Å²) in [6.07, 6.45) is 8.13. The third-order valence-electron chi connectivity index (χ3n) is 9.23. The Labute approximate surface area is 336 Å². The van der Waals surface area contributed by atoms with Crippen LogP contribution in [0.1, 0.15) is 37.8 Å². The number of benzene rings is 4. The number of carbonyl (C=O) groups is 4. The Balaban J connectivity index is 0.000000221. The molecular formula is C46H42N6O6. The summed E-state index contributed by atoms with van der Waals surface area (Å²) in [5, 5.41) is 39.2. The molecule has 0 spiro atoms. The molecule has 0 atom stereocenters. The van der Waals surface area contributed by atoms with Crippen LogP contribution in [0, 0.1) is 22.7 Å². The molecule has 0 saturated carbocycles. The first kappa shape index (κ1) is 41.5. The topological polar surface area (TPSA) is 173 Å². The van der Waals surface area contributed by atoms with Crippen molar-refractivity contribution in [3.63, 3.8) is 0 Å². The van der Waals surface area contributed by atoms with E-state index in [1.807, 2.05) is 135 Å². The molecule has 12 nitrogen and oxygen atoms in total. The fourth-order valence-corrected chi connectivity index (χ4v) is 6.54. The molecule has 0 unspecified atom stereocenters. The minimum absolute atomic E-state index is 0.00758. The maximum Gasteiger partial charge on any atom is 0.323 e. The van der Waals surface area contributed by atoms with Crippen LogP contribution in [-0.2, 0) is 32.3 Å². The van der Waals surface area contributed by atoms with Gasteiger partial charge in [0.05, 0.1) is 0 Å². The molecule has 12 heteroatoms. The molecule has 292 valence electrons. The van der Waals surface area contributed by atoms with Gasteiger partial charge in [-0.2, -0.15) is 10.5 Å². The molecule has 0 aliphatic rings. The highest BCUT2D eigenvalue weighted by atomic mass is 16.4. The standard InChI is InChI=1S/C24H23N3O3.C22H19N3O3/c1-2-3-13-27(20-9-5-4-6-10-20)24(30)18(15-25)14-19-16-26(17-23(28)29)22-12-8-7-11-21(19)22;1-2-25(18-8-4-3-5-9-18)22(28)16(13-23)12-17-14-24(15-21(26)27)20-11-7-6-10-19(17)20/h4-12,14,16H,2-3,13,17H2,1H3,(H,28,29);3-12,14H,2,15H2,1H3,(H,26,27). The Bertz CT molecular complexity index is 2570. The molecule has 6 aromatic rings. The number of para-hydroxylation sites is 4. The van der Waals surface area contributed by atoms with Crippen LogP contribution in [0.15, 0.2) is 133 Å². The zero-order valence-electron chi connectivity index (χ0n) is 32.2. The molecule has 58 heavy (non-hydrogen) atoms. The molecule has 2 aromatic heterocycles. The number of likely N-dealkylation sites (N-methyl/N-ethyl adjacent to an activating group) is 1. The van der Waals surface area contributed by atoms with Crippen molar-refractivity contribution < 1.29 is 29.4 Å². The lowest BCUT2D eigenvalue weighted by Gasteiger charge is -2.22. The Morgan fingerprint density at radius 2 is 1.00 bits per heavy atom. The quantitative estimate of drug-likeness (QED) is 0.0824. The highest BCUT2D eigenvalue weighted by Gasteiger charge is 2.22. The molecule has 0 bridgehead atoms. The van der Waals surface area contributed by atoms with Crippen LogP contribution in [0.4, 0.5) is 11.4 Å². The lowest BCUT2D eigenvalue weighted by molar-refractivity contribution is -0.138. The van der Waals surface area contributed by atoms with Crippen LogP contribution < -0.4 is 9.80 Å². The number of carboxylic acid groups (broad SMARTS) is 2. The van der Waals surface area contributed by atoms with Crippen LogP contribution in [0.5, 0.6) is 0 Å². The Hall–Kier alpha value is -7.70. The first-order chi connectivity index (χ1) is 28.1. The van der Waals surface area contributed by atoms with Gasteiger partial charge in [-0.15, -0.1) is 0 Å². The van der Waals surface area contributed by atoms with Crippen molar-refractivity contribution in [3.05, 3.63) is 144 Å². The van der Waals surface area contributed by atoms with E-state index in [2.05, 4.69) is 0 Å². The van der Waals surface area contributed by atoms with Gasteiger partial charge in [-0.1, -0.05) is 86.1 Å². The number of amides is 2. The smallest absolute Gasteiger partial charge is 0.323 e. The van der Waals surface area contributed by atoms with E-state index in [1.54, 1.807) is 32.5 Å². The van der Waals surface area contributed by atoms with Crippen LogP contribution in [0.25, 0.3) is 34.0 Å². The van der Waals surface area contributed by atoms with Gasteiger partial charge in [0.25, 0.3) is 11.8 Å². The second-order valence-electron chi connectivity index (χ2n) is 13.1. The van der Waals surface area contributed by atoms with Crippen molar-refractivity contribution in [2.45, 2.75) is 39.8 Å². The number of hydrogen-bond donors (Lipinski definition) is 2. The molecule has 2 N–H and O–H groups in total. The van der Waals surface area contributed by atoms with E-state index in [0.717, 1.165) is 40.3 Å². The number of anilines is 2. The summed E-state index contributed by atoms with van der Waals surface area (Å²) in [6.45, 7) is 4.43. The third kappa shape index (κ3) is 9.93. The van der Waals surface area contributed by atoms with Crippen LogP contribution in [-0.4, -0.2) is 56.2 Å². The average molecular weight is 775 g/mol. The van der Waals surface area contributed by atoms with Gasteiger partial charge in [0.1, 0.15) is 36.4 Å². The summed E-state index contributed by atoms with van der Waals surface area (Å²) in [6, 6.07) is 37.1. The molecule has 0 fully saturated rings. The number of nitrogens with zero attached hydrogens (tertiary/aromatic N) is 6. The van der Waals surface area contributed by atoms with E-state index in [4.69, 9.17) is 5.11 Å². The van der Waals surface area contributed by atoms with Crippen LogP contribution in [0.2, 0.25) is 0 Å². The van der Waals surface area contributed by atoms with E-state index in [9.17, 15) is 34.8 Å². The van der Waals surface area contributed by atoms with Crippen molar-refractivity contribution in [1.82, 2.24) is 9.13 Å². The molecular weight excluding hydrogens is 733 g/mol. The Morgan fingerprint density at radius 1 is 0.603 bits per heavy atom.